The third-order valence-corrected chi connectivity index (χ3v) is 6.01. The highest BCUT2D eigenvalue weighted by Crippen LogP contribution is 2.31. The van der Waals surface area contributed by atoms with Crippen molar-refractivity contribution >= 4 is 29.0 Å². The number of carbonyl (C=O) groups is 2. The summed E-state index contributed by atoms with van der Waals surface area (Å²) in [6.07, 6.45) is 3.97. The molecule has 1 N–H and O–H groups in total. The Morgan fingerprint density at radius 3 is 2.54 bits per heavy atom. The molecule has 0 unspecified atom stereocenters. The number of benzene rings is 2. The van der Waals surface area contributed by atoms with Gasteiger partial charge in [-0.2, -0.15) is 0 Å². The fourth-order valence-electron chi connectivity index (χ4n) is 4.11. The van der Waals surface area contributed by atoms with E-state index in [1.54, 1.807) is 41.8 Å². The molecule has 4 rings (SSSR count). The average Bonchev–Trinajstić information content (AvgIpc) is 3.21. The third kappa shape index (κ3) is 5.04. The molecule has 0 atom stereocenters. The van der Waals surface area contributed by atoms with Crippen LogP contribution in [0.1, 0.15) is 42.2 Å². The first-order chi connectivity index (χ1) is 16.9. The van der Waals surface area contributed by atoms with E-state index >= 15 is 0 Å². The molecule has 180 valence electrons. The second kappa shape index (κ2) is 10.4. The van der Waals surface area contributed by atoms with Gasteiger partial charge in [-0.15, -0.1) is 0 Å². The lowest BCUT2D eigenvalue weighted by Crippen LogP contribution is -2.27. The number of nitrogens with zero attached hydrogens (tertiary/aromatic N) is 3. The predicted octanol–water partition coefficient (Wildman–Crippen LogP) is 5.72. The zero-order chi connectivity index (χ0) is 24.9. The molecule has 0 fully saturated rings. The van der Waals surface area contributed by atoms with Crippen LogP contribution in [0.15, 0.2) is 66.9 Å². The van der Waals surface area contributed by atoms with Gasteiger partial charge in [-0.3, -0.25) is 18.9 Å². The minimum absolute atomic E-state index is 0.0223. The molecule has 7 nitrogen and oxygen atoms in total. The first kappa shape index (κ1) is 24.0. The smallest absolute Gasteiger partial charge is 0.257 e. The van der Waals surface area contributed by atoms with Gasteiger partial charge in [0.15, 0.2) is 0 Å². The molecule has 0 bridgehead atoms. The van der Waals surface area contributed by atoms with E-state index in [0.717, 1.165) is 29.7 Å². The number of hydrogen-bond donors (Lipinski definition) is 1. The Kier molecular flexibility index (Phi) is 7.15. The molecule has 7 heteroatoms. The van der Waals surface area contributed by atoms with Crippen LogP contribution in [-0.4, -0.2) is 35.4 Å². The molecule has 0 aliphatic carbocycles. The van der Waals surface area contributed by atoms with Crippen LogP contribution in [0, 0.1) is 6.92 Å². The van der Waals surface area contributed by atoms with Crippen molar-refractivity contribution in [2.45, 2.75) is 33.1 Å². The quantitative estimate of drug-likeness (QED) is 0.357. The summed E-state index contributed by atoms with van der Waals surface area (Å²) < 4.78 is 7.28. The van der Waals surface area contributed by atoms with Gasteiger partial charge in [0.1, 0.15) is 17.2 Å². The number of amides is 2. The van der Waals surface area contributed by atoms with E-state index < -0.39 is 0 Å². The van der Waals surface area contributed by atoms with Crippen LogP contribution in [0.25, 0.3) is 16.8 Å². The lowest BCUT2D eigenvalue weighted by Gasteiger charge is -2.18. The lowest BCUT2D eigenvalue weighted by molar-refractivity contribution is -0.118. The van der Waals surface area contributed by atoms with E-state index in [0.29, 0.717) is 34.9 Å². The highest BCUT2D eigenvalue weighted by Gasteiger charge is 2.20. The van der Waals surface area contributed by atoms with E-state index in [4.69, 9.17) is 4.74 Å². The average molecular weight is 471 g/mol. The number of imidazole rings is 1. The number of fused-ring (bicyclic) bond motifs is 1. The van der Waals surface area contributed by atoms with Crippen molar-refractivity contribution in [2.75, 3.05) is 24.4 Å². The number of rotatable bonds is 8. The van der Waals surface area contributed by atoms with Crippen LogP contribution in [0.5, 0.6) is 5.75 Å². The number of unbranched alkanes of at least 4 members (excludes halogenated alkanes) is 1. The molecule has 0 radical (unpaired) electrons. The summed E-state index contributed by atoms with van der Waals surface area (Å²) in [6.45, 7) is 3.92. The first-order valence-electron chi connectivity index (χ1n) is 11.7. The number of hydrogen-bond acceptors (Lipinski definition) is 4. The van der Waals surface area contributed by atoms with Gasteiger partial charge in [0.2, 0.25) is 5.91 Å². The standard InChI is InChI=1S/C28H30N4O3/c1-5-6-12-26(33)31(3)28-19(2)29-25-16-14-22(18-32(25)28)27(34)30-23-17-21(13-15-24(23)35-4)20-10-8-7-9-11-20/h7-11,13-18H,5-6,12H2,1-4H3,(H,30,34). The van der Waals surface area contributed by atoms with Gasteiger partial charge >= 0.3 is 0 Å². The minimum atomic E-state index is -0.285. The molecular weight excluding hydrogens is 440 g/mol. The predicted molar refractivity (Wildman–Crippen MR) is 139 cm³/mol. The zero-order valence-electron chi connectivity index (χ0n) is 20.5. The monoisotopic (exact) mass is 470 g/mol. The lowest BCUT2D eigenvalue weighted by atomic mass is 10.0. The van der Waals surface area contributed by atoms with Gasteiger partial charge < -0.3 is 10.1 Å². The second-order valence-electron chi connectivity index (χ2n) is 8.46. The van der Waals surface area contributed by atoms with Crippen LogP contribution >= 0.6 is 0 Å². The van der Waals surface area contributed by atoms with Crippen LogP contribution in [-0.2, 0) is 4.79 Å². The Labute approximate surface area is 205 Å². The number of anilines is 2. The van der Waals surface area contributed by atoms with Gasteiger partial charge in [-0.25, -0.2) is 4.98 Å². The third-order valence-electron chi connectivity index (χ3n) is 6.01. The van der Waals surface area contributed by atoms with Gasteiger partial charge in [-0.05, 0) is 48.7 Å². The summed E-state index contributed by atoms with van der Waals surface area (Å²) in [7, 11) is 3.33. The minimum Gasteiger partial charge on any atom is -0.495 e. The second-order valence-corrected chi connectivity index (χ2v) is 8.46. The Balaban J connectivity index is 1.65. The van der Waals surface area contributed by atoms with Gasteiger partial charge in [0.25, 0.3) is 5.91 Å². The van der Waals surface area contributed by atoms with E-state index in [2.05, 4.69) is 17.2 Å². The molecule has 35 heavy (non-hydrogen) atoms. The Morgan fingerprint density at radius 1 is 1.06 bits per heavy atom. The fraction of sp³-hybridized carbons (Fsp3) is 0.250. The summed E-state index contributed by atoms with van der Waals surface area (Å²) in [5.41, 5.74) is 4.43. The van der Waals surface area contributed by atoms with E-state index in [9.17, 15) is 9.59 Å². The number of aromatic nitrogens is 2. The van der Waals surface area contributed by atoms with Crippen molar-refractivity contribution < 1.29 is 14.3 Å². The molecule has 2 aromatic heterocycles. The zero-order valence-corrected chi connectivity index (χ0v) is 20.5. The number of nitrogens with one attached hydrogen (secondary N) is 1. The molecule has 0 saturated heterocycles. The molecular formula is C28H30N4O3. The highest BCUT2D eigenvalue weighted by atomic mass is 16.5. The van der Waals surface area contributed by atoms with Gasteiger partial charge in [-0.1, -0.05) is 49.7 Å². The molecule has 0 spiro atoms. The molecule has 4 aromatic rings. The number of pyridine rings is 1. The SMILES string of the molecule is CCCCC(=O)N(C)c1c(C)nc2ccc(C(=O)Nc3cc(-c4ccccc4)ccc3OC)cn12. The van der Waals surface area contributed by atoms with E-state index in [1.165, 1.54) is 0 Å². The number of carbonyl (C=O) groups excluding carboxylic acids is 2. The van der Waals surface area contributed by atoms with Crippen molar-refractivity contribution in [1.82, 2.24) is 9.38 Å². The maximum Gasteiger partial charge on any atom is 0.257 e. The van der Waals surface area contributed by atoms with Crippen molar-refractivity contribution in [3.05, 3.63) is 78.1 Å². The number of ether oxygens (including phenoxy) is 1. The summed E-state index contributed by atoms with van der Waals surface area (Å²) >= 11 is 0. The largest absolute Gasteiger partial charge is 0.495 e. The molecule has 2 aromatic carbocycles. The summed E-state index contributed by atoms with van der Waals surface area (Å²) in [4.78, 5) is 32.1. The highest BCUT2D eigenvalue weighted by molar-refractivity contribution is 6.05. The molecule has 0 saturated carbocycles. The molecule has 0 aliphatic rings. The fourth-order valence-corrected chi connectivity index (χ4v) is 4.11. The Bertz CT molecular complexity index is 1360. The summed E-state index contributed by atoms with van der Waals surface area (Å²) in [6, 6.07) is 19.2. The maximum absolute atomic E-state index is 13.3. The Hall–Kier alpha value is -4.13. The van der Waals surface area contributed by atoms with Crippen LogP contribution in [0.2, 0.25) is 0 Å². The summed E-state index contributed by atoms with van der Waals surface area (Å²) in [5, 5.41) is 2.98. The van der Waals surface area contributed by atoms with Gasteiger partial charge in [0, 0.05) is 19.7 Å². The first-order valence-corrected chi connectivity index (χ1v) is 11.7. The van der Waals surface area contributed by atoms with Crippen molar-refractivity contribution in [3.63, 3.8) is 0 Å². The van der Waals surface area contributed by atoms with Crippen molar-refractivity contribution in [2.24, 2.45) is 0 Å². The van der Waals surface area contributed by atoms with Crippen LogP contribution in [0.4, 0.5) is 11.5 Å². The van der Waals surface area contributed by atoms with E-state index in [1.807, 2.05) is 55.5 Å². The molecule has 2 amide bonds. The molecule has 2 heterocycles. The number of aryl methyl sites for hydroxylation is 1. The summed E-state index contributed by atoms with van der Waals surface area (Å²) in [5.74, 6) is 0.973. The van der Waals surface area contributed by atoms with Gasteiger partial charge in [0.05, 0.1) is 24.1 Å². The van der Waals surface area contributed by atoms with E-state index in [-0.39, 0.29) is 11.8 Å². The van der Waals surface area contributed by atoms with Crippen LogP contribution in [0.3, 0.4) is 0 Å². The maximum atomic E-state index is 13.3. The Morgan fingerprint density at radius 2 is 1.83 bits per heavy atom. The topological polar surface area (TPSA) is 75.9 Å². The van der Waals surface area contributed by atoms with Crippen molar-refractivity contribution in [1.29, 1.82) is 0 Å². The van der Waals surface area contributed by atoms with Crippen molar-refractivity contribution in [3.8, 4) is 16.9 Å². The molecule has 0 aliphatic heterocycles. The van der Waals surface area contributed by atoms with Crippen LogP contribution < -0.4 is 15.0 Å². The number of methoxy groups -OCH3 is 1. The normalized spacial score (nSPS) is 10.9.